The Bertz CT molecular complexity index is 467. The summed E-state index contributed by atoms with van der Waals surface area (Å²) in [5, 5.41) is 2.91. The molecule has 2 rings (SSSR count). The molecule has 3 nitrogen and oxygen atoms in total. The largest absolute Gasteiger partial charge is 0.495 e. The summed E-state index contributed by atoms with van der Waals surface area (Å²) in [4.78, 5) is 12.0. The molecule has 1 N–H and O–H groups in total. The third kappa shape index (κ3) is 3.18. The Labute approximate surface area is 122 Å². The molecule has 0 unspecified atom stereocenters. The predicted octanol–water partition coefficient (Wildman–Crippen LogP) is 3.52. The van der Waals surface area contributed by atoms with Gasteiger partial charge in [-0.15, -0.1) is 0 Å². The molecule has 0 amide bonds. The fraction of sp³-hybridized carbons (Fsp3) is 0.533. The Morgan fingerprint density at radius 2 is 2.11 bits per heavy atom. The van der Waals surface area contributed by atoms with E-state index in [9.17, 15) is 4.79 Å². The number of Topliss-reactive ketones (excluding diaryl/α,β-unsaturated/α-hetero) is 1. The molecule has 1 aliphatic rings. The molecule has 0 heterocycles. The number of benzene rings is 1. The molecule has 0 radical (unpaired) electrons. The molecule has 0 aromatic heterocycles. The number of hydrogen-bond acceptors (Lipinski definition) is 3. The highest BCUT2D eigenvalue weighted by atomic mass is 79.9. The lowest BCUT2D eigenvalue weighted by Crippen LogP contribution is -2.19. The van der Waals surface area contributed by atoms with Gasteiger partial charge >= 0.3 is 0 Å². The van der Waals surface area contributed by atoms with Gasteiger partial charge in [0.05, 0.1) is 18.1 Å². The van der Waals surface area contributed by atoms with Gasteiger partial charge in [-0.25, -0.2) is 0 Å². The number of hydrogen-bond donors (Lipinski definition) is 1. The van der Waals surface area contributed by atoms with E-state index in [2.05, 4.69) is 21.2 Å². The van der Waals surface area contributed by atoms with Gasteiger partial charge in [-0.05, 0) is 59.4 Å². The lowest BCUT2D eigenvalue weighted by Gasteiger charge is -2.17. The number of halogens is 1. The molecule has 4 heteroatoms. The average Bonchev–Trinajstić information content (AvgIpc) is 2.91. The fourth-order valence-electron chi connectivity index (χ4n) is 2.79. The first-order chi connectivity index (χ1) is 9.17. The number of ether oxygens (including phenoxy) is 1. The van der Waals surface area contributed by atoms with Gasteiger partial charge in [0.2, 0.25) is 0 Å². The van der Waals surface area contributed by atoms with Crippen molar-refractivity contribution in [2.45, 2.75) is 31.6 Å². The summed E-state index contributed by atoms with van der Waals surface area (Å²) in [5.41, 5.74) is 1.93. The van der Waals surface area contributed by atoms with Crippen molar-refractivity contribution < 1.29 is 9.53 Å². The van der Waals surface area contributed by atoms with E-state index >= 15 is 0 Å². The minimum absolute atomic E-state index is 0.116. The highest BCUT2D eigenvalue weighted by molar-refractivity contribution is 9.10. The number of methoxy groups -OCH3 is 1. The Morgan fingerprint density at radius 1 is 1.42 bits per heavy atom. The smallest absolute Gasteiger partial charge is 0.176 e. The molecular formula is C15H20BrNO2. The lowest BCUT2D eigenvalue weighted by atomic mass is 9.94. The monoisotopic (exact) mass is 325 g/mol. The molecule has 1 aliphatic carbocycles. The molecule has 1 aromatic carbocycles. The number of likely N-dealkylation sites (N-methyl/N-ethyl adjacent to an activating group) is 1. The van der Waals surface area contributed by atoms with E-state index in [1.54, 1.807) is 14.2 Å². The summed E-state index contributed by atoms with van der Waals surface area (Å²) in [6.45, 7) is 0.364. The zero-order valence-corrected chi connectivity index (χ0v) is 13.0. The van der Waals surface area contributed by atoms with Crippen molar-refractivity contribution in [1.82, 2.24) is 5.32 Å². The molecule has 1 fully saturated rings. The first-order valence-corrected chi connectivity index (χ1v) is 7.52. The number of carbonyl (C=O) groups excluding carboxylic acids is 1. The molecule has 0 atom stereocenters. The maximum atomic E-state index is 12.0. The van der Waals surface area contributed by atoms with Crippen LogP contribution < -0.4 is 10.1 Å². The maximum absolute atomic E-state index is 12.0. The van der Waals surface area contributed by atoms with Crippen LogP contribution in [0.2, 0.25) is 0 Å². The van der Waals surface area contributed by atoms with Crippen LogP contribution in [0.15, 0.2) is 16.6 Å². The van der Waals surface area contributed by atoms with Crippen LogP contribution >= 0.6 is 15.9 Å². The van der Waals surface area contributed by atoms with Crippen molar-refractivity contribution in [2.75, 3.05) is 20.7 Å². The lowest BCUT2D eigenvalue weighted by molar-refractivity contribution is 0.0993. The first-order valence-electron chi connectivity index (χ1n) is 6.72. The van der Waals surface area contributed by atoms with E-state index in [-0.39, 0.29) is 5.78 Å². The standard InChI is InChI=1S/C15H20BrNO2/c1-17-9-14(18)11-7-12(10-5-3-4-6-10)15(19-2)13(16)8-11/h7-8,10,17H,3-6,9H2,1-2H3. The van der Waals surface area contributed by atoms with Crippen molar-refractivity contribution >= 4 is 21.7 Å². The van der Waals surface area contributed by atoms with E-state index in [0.29, 0.717) is 12.5 Å². The molecule has 19 heavy (non-hydrogen) atoms. The molecule has 0 bridgehead atoms. The maximum Gasteiger partial charge on any atom is 0.176 e. The predicted molar refractivity (Wildman–Crippen MR) is 80.2 cm³/mol. The van der Waals surface area contributed by atoms with Gasteiger partial charge < -0.3 is 10.1 Å². The number of nitrogens with one attached hydrogen (secondary N) is 1. The second-order valence-electron chi connectivity index (χ2n) is 5.02. The highest BCUT2D eigenvalue weighted by Crippen LogP contribution is 2.42. The summed E-state index contributed by atoms with van der Waals surface area (Å²) in [6.07, 6.45) is 4.90. The van der Waals surface area contributed by atoms with Crippen LogP contribution in [0.3, 0.4) is 0 Å². The molecule has 104 valence electrons. The van der Waals surface area contributed by atoms with Crippen LogP contribution in [0.25, 0.3) is 0 Å². The number of rotatable bonds is 5. The zero-order valence-electron chi connectivity index (χ0n) is 11.5. The van der Waals surface area contributed by atoms with Crippen LogP contribution in [-0.4, -0.2) is 26.5 Å². The van der Waals surface area contributed by atoms with E-state index in [0.717, 1.165) is 15.8 Å². The quantitative estimate of drug-likeness (QED) is 0.842. The third-order valence-corrected chi connectivity index (χ3v) is 4.32. The fourth-order valence-corrected chi connectivity index (χ4v) is 3.43. The van der Waals surface area contributed by atoms with Gasteiger partial charge in [-0.2, -0.15) is 0 Å². The topological polar surface area (TPSA) is 38.3 Å². The second-order valence-corrected chi connectivity index (χ2v) is 5.87. The van der Waals surface area contributed by atoms with Crippen molar-refractivity contribution in [2.24, 2.45) is 0 Å². The number of carbonyl (C=O) groups is 1. The first kappa shape index (κ1) is 14.5. The van der Waals surface area contributed by atoms with E-state index < -0.39 is 0 Å². The summed E-state index contributed by atoms with van der Waals surface area (Å²) >= 11 is 3.53. The van der Waals surface area contributed by atoms with Gasteiger partial charge in [0, 0.05) is 5.56 Å². The Morgan fingerprint density at radius 3 is 2.68 bits per heavy atom. The number of ketones is 1. The van der Waals surface area contributed by atoms with Crippen molar-refractivity contribution in [1.29, 1.82) is 0 Å². The van der Waals surface area contributed by atoms with Gasteiger partial charge in [0.15, 0.2) is 5.78 Å². The summed E-state index contributed by atoms with van der Waals surface area (Å²) in [5.74, 6) is 1.52. The van der Waals surface area contributed by atoms with Crippen LogP contribution in [0.4, 0.5) is 0 Å². The van der Waals surface area contributed by atoms with Crippen molar-refractivity contribution in [3.05, 3.63) is 27.7 Å². The van der Waals surface area contributed by atoms with Crippen molar-refractivity contribution in [3.63, 3.8) is 0 Å². The average molecular weight is 326 g/mol. The van der Waals surface area contributed by atoms with Crippen LogP contribution in [-0.2, 0) is 0 Å². The Kier molecular flexibility index (Phi) is 4.99. The van der Waals surface area contributed by atoms with Gasteiger partial charge in [-0.1, -0.05) is 12.8 Å². The minimum Gasteiger partial charge on any atom is -0.495 e. The minimum atomic E-state index is 0.116. The van der Waals surface area contributed by atoms with Gasteiger partial charge in [0.1, 0.15) is 5.75 Å². The molecule has 0 spiro atoms. The molecule has 1 aromatic rings. The Balaban J connectivity index is 2.40. The van der Waals surface area contributed by atoms with Crippen molar-refractivity contribution in [3.8, 4) is 5.75 Å². The van der Waals surface area contributed by atoms with Gasteiger partial charge in [0.25, 0.3) is 0 Å². The van der Waals surface area contributed by atoms with E-state index in [4.69, 9.17) is 4.74 Å². The summed E-state index contributed by atoms with van der Waals surface area (Å²) < 4.78 is 6.38. The summed E-state index contributed by atoms with van der Waals surface area (Å²) in [6, 6.07) is 3.87. The molecule has 1 saturated carbocycles. The third-order valence-electron chi connectivity index (χ3n) is 3.73. The molecule has 0 aliphatic heterocycles. The SMILES string of the molecule is CNCC(=O)c1cc(Br)c(OC)c(C2CCCC2)c1. The van der Waals surface area contributed by atoms with E-state index in [1.807, 2.05) is 12.1 Å². The van der Waals surface area contributed by atoms with Gasteiger partial charge in [-0.3, -0.25) is 4.79 Å². The van der Waals surface area contributed by atoms with E-state index in [1.165, 1.54) is 31.2 Å². The normalized spacial score (nSPS) is 15.7. The Hall–Kier alpha value is -0.870. The molecular weight excluding hydrogens is 306 g/mol. The molecule has 0 saturated heterocycles. The highest BCUT2D eigenvalue weighted by Gasteiger charge is 2.23. The van der Waals surface area contributed by atoms with Crippen LogP contribution in [0.5, 0.6) is 5.75 Å². The van der Waals surface area contributed by atoms with Crippen LogP contribution in [0, 0.1) is 0 Å². The zero-order chi connectivity index (χ0) is 13.8. The second kappa shape index (κ2) is 6.53. The summed E-state index contributed by atoms with van der Waals surface area (Å²) in [7, 11) is 3.47. The van der Waals surface area contributed by atoms with Crippen LogP contribution in [0.1, 0.15) is 47.5 Å².